The van der Waals surface area contributed by atoms with Gasteiger partial charge in [0, 0.05) is 12.0 Å². The van der Waals surface area contributed by atoms with Crippen LogP contribution in [0.2, 0.25) is 0 Å². The summed E-state index contributed by atoms with van der Waals surface area (Å²) in [5.41, 5.74) is 1.79. The Labute approximate surface area is 149 Å². The van der Waals surface area contributed by atoms with Crippen LogP contribution in [0.4, 0.5) is 5.95 Å². The number of amides is 1. The molecule has 25 heavy (non-hydrogen) atoms. The maximum atomic E-state index is 12.5. The van der Waals surface area contributed by atoms with Gasteiger partial charge in [-0.15, -0.1) is 0 Å². The van der Waals surface area contributed by atoms with Gasteiger partial charge in [0.05, 0.1) is 16.6 Å². The molecular weight excluding hydrogens is 314 g/mol. The van der Waals surface area contributed by atoms with Gasteiger partial charge in [-0.05, 0) is 56.7 Å². The van der Waals surface area contributed by atoms with Crippen LogP contribution in [0.5, 0.6) is 0 Å². The summed E-state index contributed by atoms with van der Waals surface area (Å²) < 4.78 is 2.15. The van der Waals surface area contributed by atoms with Crippen molar-refractivity contribution in [3.8, 4) is 0 Å². The second kappa shape index (κ2) is 6.45. The number of anilines is 1. The molecule has 5 heteroatoms. The first kappa shape index (κ1) is 17.9. The van der Waals surface area contributed by atoms with Crippen LogP contribution < -0.4 is 5.32 Å². The SMILES string of the molecule is CC(C)C(C)C(=O)Nc1nc2ccc(C(C)(C)O)cc2n1C1CCC1. The molecule has 0 saturated heterocycles. The van der Waals surface area contributed by atoms with Crippen molar-refractivity contribution in [2.24, 2.45) is 11.8 Å². The topological polar surface area (TPSA) is 67.2 Å². The number of carbonyl (C=O) groups is 1. The Balaban J connectivity index is 2.04. The Morgan fingerprint density at radius 1 is 1.32 bits per heavy atom. The van der Waals surface area contributed by atoms with Crippen molar-refractivity contribution in [2.45, 2.75) is 65.5 Å². The van der Waals surface area contributed by atoms with Gasteiger partial charge < -0.3 is 9.67 Å². The standard InChI is InChI=1S/C20H29N3O2/c1-12(2)13(3)18(24)22-19-21-16-10-9-14(20(4,5)25)11-17(16)23(19)15-7-6-8-15/h9-13,15,25H,6-8H2,1-5H3,(H,21,22,24). The molecule has 0 aliphatic heterocycles. The highest BCUT2D eigenvalue weighted by atomic mass is 16.3. The first-order valence-electron chi connectivity index (χ1n) is 9.24. The number of fused-ring (bicyclic) bond motifs is 1. The van der Waals surface area contributed by atoms with Gasteiger partial charge in [0.15, 0.2) is 0 Å². The molecule has 1 aliphatic rings. The summed E-state index contributed by atoms with van der Waals surface area (Å²) in [7, 11) is 0. The molecule has 2 aromatic rings. The molecule has 1 unspecified atom stereocenters. The number of carbonyl (C=O) groups excluding carboxylic acids is 1. The van der Waals surface area contributed by atoms with E-state index in [1.807, 2.05) is 25.1 Å². The number of nitrogens with one attached hydrogen (secondary N) is 1. The number of benzene rings is 1. The number of nitrogens with zero attached hydrogens (tertiary/aromatic N) is 2. The Bertz CT molecular complexity index is 782. The minimum Gasteiger partial charge on any atom is -0.386 e. The summed E-state index contributed by atoms with van der Waals surface area (Å²) in [5.74, 6) is 0.851. The Kier molecular flexibility index (Phi) is 4.62. The van der Waals surface area contributed by atoms with Gasteiger partial charge in [-0.1, -0.05) is 26.8 Å². The zero-order chi connectivity index (χ0) is 18.4. The Morgan fingerprint density at radius 3 is 2.52 bits per heavy atom. The fraction of sp³-hybridized carbons (Fsp3) is 0.600. The third kappa shape index (κ3) is 3.43. The molecule has 1 aromatic heterocycles. The molecule has 1 heterocycles. The molecule has 0 radical (unpaired) electrons. The fourth-order valence-corrected chi connectivity index (χ4v) is 3.10. The molecule has 3 rings (SSSR count). The summed E-state index contributed by atoms with van der Waals surface area (Å²) in [6.07, 6.45) is 3.40. The monoisotopic (exact) mass is 343 g/mol. The van der Waals surface area contributed by atoms with Crippen LogP contribution in [0.3, 0.4) is 0 Å². The first-order valence-corrected chi connectivity index (χ1v) is 9.24. The summed E-state index contributed by atoms with van der Waals surface area (Å²) >= 11 is 0. The molecule has 0 spiro atoms. The first-order chi connectivity index (χ1) is 11.7. The molecule has 5 nitrogen and oxygen atoms in total. The zero-order valence-corrected chi connectivity index (χ0v) is 15.8. The van der Waals surface area contributed by atoms with Gasteiger partial charge in [0.2, 0.25) is 11.9 Å². The summed E-state index contributed by atoms with van der Waals surface area (Å²) in [6, 6.07) is 6.20. The molecule has 1 fully saturated rings. The maximum Gasteiger partial charge on any atom is 0.229 e. The molecule has 136 valence electrons. The smallest absolute Gasteiger partial charge is 0.229 e. The van der Waals surface area contributed by atoms with Gasteiger partial charge in [-0.25, -0.2) is 4.98 Å². The van der Waals surface area contributed by atoms with Crippen molar-refractivity contribution in [3.63, 3.8) is 0 Å². The van der Waals surface area contributed by atoms with Crippen molar-refractivity contribution in [1.82, 2.24) is 9.55 Å². The van der Waals surface area contributed by atoms with Crippen molar-refractivity contribution in [3.05, 3.63) is 23.8 Å². The van der Waals surface area contributed by atoms with E-state index in [0.29, 0.717) is 12.0 Å². The molecule has 1 aliphatic carbocycles. The average Bonchev–Trinajstić information content (AvgIpc) is 2.81. The van der Waals surface area contributed by atoms with Crippen molar-refractivity contribution >= 4 is 22.9 Å². The molecule has 0 bridgehead atoms. The minimum atomic E-state index is -0.904. The largest absolute Gasteiger partial charge is 0.386 e. The van der Waals surface area contributed by atoms with E-state index in [1.165, 1.54) is 6.42 Å². The lowest BCUT2D eigenvalue weighted by Gasteiger charge is -2.29. The maximum absolute atomic E-state index is 12.5. The number of hydrogen-bond donors (Lipinski definition) is 2. The van der Waals surface area contributed by atoms with E-state index < -0.39 is 5.60 Å². The Hall–Kier alpha value is -1.88. The lowest BCUT2D eigenvalue weighted by Crippen LogP contribution is -2.27. The lowest BCUT2D eigenvalue weighted by atomic mass is 9.92. The highest BCUT2D eigenvalue weighted by molar-refractivity contribution is 5.93. The molecular formula is C20H29N3O2. The molecule has 2 N–H and O–H groups in total. The highest BCUT2D eigenvalue weighted by Gasteiger charge is 2.28. The number of aliphatic hydroxyl groups is 1. The second-order valence-corrected chi connectivity index (χ2v) is 8.17. The van der Waals surface area contributed by atoms with E-state index >= 15 is 0 Å². The fourth-order valence-electron chi connectivity index (χ4n) is 3.10. The van der Waals surface area contributed by atoms with E-state index in [1.54, 1.807) is 13.8 Å². The third-order valence-electron chi connectivity index (χ3n) is 5.48. The highest BCUT2D eigenvalue weighted by Crippen LogP contribution is 2.38. The van der Waals surface area contributed by atoms with E-state index in [9.17, 15) is 9.90 Å². The van der Waals surface area contributed by atoms with Crippen LogP contribution in [0, 0.1) is 11.8 Å². The van der Waals surface area contributed by atoms with Crippen LogP contribution in [-0.4, -0.2) is 20.6 Å². The van der Waals surface area contributed by atoms with Crippen LogP contribution in [-0.2, 0) is 10.4 Å². The van der Waals surface area contributed by atoms with E-state index in [0.717, 1.165) is 29.4 Å². The van der Waals surface area contributed by atoms with Crippen molar-refractivity contribution in [2.75, 3.05) is 5.32 Å². The summed E-state index contributed by atoms with van der Waals surface area (Å²) in [6.45, 7) is 9.61. The van der Waals surface area contributed by atoms with Crippen molar-refractivity contribution < 1.29 is 9.90 Å². The number of aromatic nitrogens is 2. The van der Waals surface area contributed by atoms with E-state index in [4.69, 9.17) is 0 Å². The number of hydrogen-bond acceptors (Lipinski definition) is 3. The second-order valence-electron chi connectivity index (χ2n) is 8.17. The molecule has 1 atom stereocenters. The number of rotatable bonds is 5. The van der Waals surface area contributed by atoms with Gasteiger partial charge in [-0.2, -0.15) is 0 Å². The Morgan fingerprint density at radius 2 is 2.00 bits per heavy atom. The van der Waals surface area contributed by atoms with Gasteiger partial charge in [-0.3, -0.25) is 10.1 Å². The van der Waals surface area contributed by atoms with Crippen molar-refractivity contribution in [1.29, 1.82) is 0 Å². The van der Waals surface area contributed by atoms with Crippen LogP contribution in [0.25, 0.3) is 11.0 Å². The van der Waals surface area contributed by atoms with Gasteiger partial charge in [0.1, 0.15) is 0 Å². The lowest BCUT2D eigenvalue weighted by molar-refractivity contribution is -0.120. The normalized spacial score (nSPS) is 16.9. The minimum absolute atomic E-state index is 0.00795. The van der Waals surface area contributed by atoms with Crippen LogP contribution >= 0.6 is 0 Å². The van der Waals surface area contributed by atoms with Gasteiger partial charge >= 0.3 is 0 Å². The molecule has 1 aromatic carbocycles. The predicted molar refractivity (Wildman–Crippen MR) is 100 cm³/mol. The molecule has 1 amide bonds. The predicted octanol–water partition coefficient (Wildman–Crippen LogP) is 4.22. The number of imidazole rings is 1. The quantitative estimate of drug-likeness (QED) is 0.854. The third-order valence-corrected chi connectivity index (χ3v) is 5.48. The average molecular weight is 343 g/mol. The van der Waals surface area contributed by atoms with Crippen LogP contribution in [0.1, 0.15) is 65.5 Å². The summed E-state index contributed by atoms with van der Waals surface area (Å²) in [5, 5.41) is 13.4. The molecule has 1 saturated carbocycles. The van der Waals surface area contributed by atoms with Crippen LogP contribution in [0.15, 0.2) is 18.2 Å². The summed E-state index contributed by atoms with van der Waals surface area (Å²) in [4.78, 5) is 17.2. The van der Waals surface area contributed by atoms with E-state index in [2.05, 4.69) is 28.7 Å². The van der Waals surface area contributed by atoms with E-state index in [-0.39, 0.29) is 17.7 Å². The zero-order valence-electron chi connectivity index (χ0n) is 15.8. The van der Waals surface area contributed by atoms with Gasteiger partial charge in [0.25, 0.3) is 0 Å².